The Hall–Kier alpha value is -1.66. The molecule has 1 aliphatic heterocycles. The van der Waals surface area contributed by atoms with Crippen molar-refractivity contribution < 1.29 is 19.1 Å². The molecule has 1 unspecified atom stereocenters. The molecule has 0 saturated heterocycles. The first-order valence-corrected chi connectivity index (χ1v) is 7.85. The van der Waals surface area contributed by atoms with Crippen molar-refractivity contribution in [1.29, 1.82) is 0 Å². The van der Waals surface area contributed by atoms with E-state index in [1.54, 1.807) is 0 Å². The number of benzene rings is 2. The van der Waals surface area contributed by atoms with E-state index in [0.717, 1.165) is 6.07 Å². The molecule has 124 valence electrons. The van der Waals surface area contributed by atoms with Crippen LogP contribution in [0, 0.1) is 5.82 Å². The molecule has 3 rings (SSSR count). The quantitative estimate of drug-likeness (QED) is 0.600. The van der Waals surface area contributed by atoms with E-state index in [4.69, 9.17) is 34.8 Å². The summed E-state index contributed by atoms with van der Waals surface area (Å²) in [5.74, 6) is -2.89. The molecule has 1 aliphatic rings. The van der Waals surface area contributed by atoms with Gasteiger partial charge in [-0.1, -0.05) is 65.1 Å². The molecule has 0 fully saturated rings. The number of hydrogen-bond acceptors (Lipinski definition) is 3. The molecule has 2 aromatic carbocycles. The van der Waals surface area contributed by atoms with Crippen LogP contribution in [0.1, 0.15) is 15.9 Å². The van der Waals surface area contributed by atoms with Crippen molar-refractivity contribution in [2.45, 2.75) is 9.39 Å². The van der Waals surface area contributed by atoms with E-state index < -0.39 is 27.0 Å². The fourth-order valence-electron chi connectivity index (χ4n) is 2.60. The van der Waals surface area contributed by atoms with Crippen molar-refractivity contribution >= 4 is 52.3 Å². The number of nitrogens with zero attached hydrogens (tertiary/aromatic N) is 1. The van der Waals surface area contributed by atoms with Crippen molar-refractivity contribution in [1.82, 2.24) is 0 Å². The molecule has 2 amide bonds. The maximum atomic E-state index is 14.1. The molecule has 4 nitrogen and oxygen atoms in total. The Morgan fingerprint density at radius 1 is 1.00 bits per heavy atom. The fourth-order valence-corrected chi connectivity index (χ4v) is 3.15. The summed E-state index contributed by atoms with van der Waals surface area (Å²) in [5.41, 5.74) is -3.19. The zero-order valence-electron chi connectivity index (χ0n) is 11.8. The lowest BCUT2D eigenvalue weighted by Gasteiger charge is -2.41. The summed E-state index contributed by atoms with van der Waals surface area (Å²) in [4.78, 5) is 26.0. The van der Waals surface area contributed by atoms with Gasteiger partial charge in [0.1, 0.15) is 5.82 Å². The first kappa shape index (κ1) is 17.2. The lowest BCUT2D eigenvalue weighted by molar-refractivity contribution is -0.137. The average molecular weight is 389 g/mol. The summed E-state index contributed by atoms with van der Waals surface area (Å²) in [6.45, 7) is 0. The number of aliphatic hydroxyl groups is 1. The first-order chi connectivity index (χ1) is 11.2. The van der Waals surface area contributed by atoms with E-state index in [-0.39, 0.29) is 16.8 Å². The van der Waals surface area contributed by atoms with Crippen LogP contribution in [0.5, 0.6) is 0 Å². The van der Waals surface area contributed by atoms with Gasteiger partial charge in [-0.25, -0.2) is 9.29 Å². The van der Waals surface area contributed by atoms with Crippen LogP contribution in [0.15, 0.2) is 48.5 Å². The SMILES string of the molecule is O=C1c2ccccc2C(O)(C(Cl)(Cl)Cl)C(=O)N1c1ccccc1F. The zero-order valence-corrected chi connectivity index (χ0v) is 14.1. The van der Waals surface area contributed by atoms with Gasteiger partial charge in [0.05, 0.1) is 5.69 Å². The Bertz CT molecular complexity index is 852. The third-order valence-electron chi connectivity index (χ3n) is 3.77. The van der Waals surface area contributed by atoms with Crippen LogP contribution >= 0.6 is 34.8 Å². The van der Waals surface area contributed by atoms with Gasteiger partial charge in [-0.2, -0.15) is 0 Å². The molecule has 0 radical (unpaired) electrons. The summed E-state index contributed by atoms with van der Waals surface area (Å²) >= 11 is 17.5. The topological polar surface area (TPSA) is 57.6 Å². The molecule has 0 aliphatic carbocycles. The van der Waals surface area contributed by atoms with E-state index >= 15 is 0 Å². The molecule has 8 heteroatoms. The first-order valence-electron chi connectivity index (χ1n) is 6.71. The lowest BCUT2D eigenvalue weighted by atomic mass is 9.85. The van der Waals surface area contributed by atoms with Gasteiger partial charge < -0.3 is 5.11 Å². The predicted octanol–water partition coefficient (Wildman–Crippen LogP) is 3.57. The van der Waals surface area contributed by atoms with Gasteiger partial charge in [-0.05, 0) is 18.2 Å². The average Bonchev–Trinajstić information content (AvgIpc) is 2.53. The second-order valence-corrected chi connectivity index (χ2v) is 7.43. The third kappa shape index (κ3) is 2.31. The number of carbonyl (C=O) groups is 2. The van der Waals surface area contributed by atoms with Crippen molar-refractivity contribution in [3.8, 4) is 0 Å². The summed E-state index contributed by atoms with van der Waals surface area (Å²) in [6.07, 6.45) is 0. The highest BCUT2D eigenvalue weighted by Gasteiger charge is 2.61. The second-order valence-electron chi connectivity index (χ2n) is 5.15. The molecule has 0 spiro atoms. The van der Waals surface area contributed by atoms with Gasteiger partial charge in [-0.3, -0.25) is 9.59 Å². The van der Waals surface area contributed by atoms with Crippen LogP contribution in [0.3, 0.4) is 0 Å². The second kappa shape index (κ2) is 5.70. The van der Waals surface area contributed by atoms with E-state index in [1.807, 2.05) is 0 Å². The van der Waals surface area contributed by atoms with Crippen molar-refractivity contribution in [3.63, 3.8) is 0 Å². The number of fused-ring (bicyclic) bond motifs is 1. The number of alkyl halides is 3. The minimum absolute atomic E-state index is 0.0609. The van der Waals surface area contributed by atoms with Gasteiger partial charge in [0.2, 0.25) is 9.39 Å². The molecule has 1 N–H and O–H groups in total. The van der Waals surface area contributed by atoms with Gasteiger partial charge in [0.15, 0.2) is 0 Å². The summed E-state index contributed by atoms with van der Waals surface area (Å²) in [6, 6.07) is 10.8. The molecule has 0 bridgehead atoms. The molecule has 2 aromatic rings. The normalized spacial score (nSPS) is 21.0. The summed E-state index contributed by atoms with van der Waals surface area (Å²) in [7, 11) is 0. The number of amides is 2. The highest BCUT2D eigenvalue weighted by Crippen LogP contribution is 2.50. The number of para-hydroxylation sites is 1. The Kier molecular flexibility index (Phi) is 4.08. The van der Waals surface area contributed by atoms with Gasteiger partial charge in [-0.15, -0.1) is 0 Å². The Morgan fingerprint density at radius 2 is 1.58 bits per heavy atom. The third-order valence-corrected chi connectivity index (χ3v) is 4.59. The number of rotatable bonds is 1. The number of imide groups is 1. The highest BCUT2D eigenvalue weighted by molar-refractivity contribution is 6.69. The maximum Gasteiger partial charge on any atom is 0.275 e. The van der Waals surface area contributed by atoms with Gasteiger partial charge >= 0.3 is 0 Å². The van der Waals surface area contributed by atoms with Crippen LogP contribution in [0.4, 0.5) is 10.1 Å². The molecular weight excluding hydrogens is 380 g/mol. The van der Waals surface area contributed by atoms with E-state index in [2.05, 4.69) is 0 Å². The van der Waals surface area contributed by atoms with Crippen molar-refractivity contribution in [3.05, 3.63) is 65.5 Å². The zero-order chi connectivity index (χ0) is 17.7. The monoisotopic (exact) mass is 387 g/mol. The number of halogens is 4. The standard InChI is InChI=1S/C16H9Cl3FNO3/c17-16(18,19)15(24)10-6-2-1-5-9(10)13(22)21(14(15)23)12-8-4-3-7-11(12)20/h1-8,24H. The largest absolute Gasteiger partial charge is 0.372 e. The van der Waals surface area contributed by atoms with Crippen molar-refractivity contribution in [2.75, 3.05) is 4.90 Å². The Balaban J connectivity index is 2.32. The van der Waals surface area contributed by atoms with Crippen LogP contribution in [-0.2, 0) is 10.4 Å². The van der Waals surface area contributed by atoms with Gasteiger partial charge in [0.25, 0.3) is 11.8 Å². The smallest absolute Gasteiger partial charge is 0.275 e. The fraction of sp³-hybridized carbons (Fsp3) is 0.125. The number of hydrogen-bond donors (Lipinski definition) is 1. The molecule has 0 saturated carbocycles. The van der Waals surface area contributed by atoms with Crippen LogP contribution in [0.25, 0.3) is 0 Å². The maximum absolute atomic E-state index is 14.1. The minimum atomic E-state index is -2.65. The molecule has 1 heterocycles. The molecule has 24 heavy (non-hydrogen) atoms. The van der Waals surface area contributed by atoms with Crippen molar-refractivity contribution in [2.24, 2.45) is 0 Å². The van der Waals surface area contributed by atoms with Crippen LogP contribution in [0.2, 0.25) is 0 Å². The summed E-state index contributed by atoms with van der Waals surface area (Å²) < 4.78 is 11.6. The van der Waals surface area contributed by atoms with Crippen LogP contribution in [-0.4, -0.2) is 20.7 Å². The van der Waals surface area contributed by atoms with E-state index in [0.29, 0.717) is 4.90 Å². The lowest BCUT2D eigenvalue weighted by Crippen LogP contribution is -2.60. The van der Waals surface area contributed by atoms with E-state index in [1.165, 1.54) is 42.5 Å². The summed E-state index contributed by atoms with van der Waals surface area (Å²) in [5, 5.41) is 10.9. The molecular formula is C16H9Cl3FNO3. The van der Waals surface area contributed by atoms with Gasteiger partial charge in [0, 0.05) is 11.1 Å². The Morgan fingerprint density at radius 3 is 2.21 bits per heavy atom. The Labute approximate surface area is 151 Å². The predicted molar refractivity (Wildman–Crippen MR) is 88.8 cm³/mol. The molecule has 1 atom stereocenters. The van der Waals surface area contributed by atoms with E-state index in [9.17, 15) is 19.1 Å². The van der Waals surface area contributed by atoms with Crippen LogP contribution < -0.4 is 4.90 Å². The minimum Gasteiger partial charge on any atom is -0.372 e. The number of carbonyl (C=O) groups excluding carboxylic acids is 2. The molecule has 0 aromatic heterocycles. The highest BCUT2D eigenvalue weighted by atomic mass is 35.6. The number of anilines is 1.